The third-order valence-corrected chi connectivity index (χ3v) is 2.66. The summed E-state index contributed by atoms with van der Waals surface area (Å²) in [6.07, 6.45) is 1.35. The molecule has 2 heteroatoms. The van der Waals surface area contributed by atoms with Gasteiger partial charge in [-0.2, -0.15) is 0 Å². The van der Waals surface area contributed by atoms with Crippen LogP contribution in [0.25, 0.3) is 0 Å². The van der Waals surface area contributed by atoms with Gasteiger partial charge in [0.1, 0.15) is 0 Å². The SMILES string of the molecule is CCC(C)(O)Cc1ccccc1Cl. The summed E-state index contributed by atoms with van der Waals surface area (Å²) in [5, 5.41) is 10.6. The molecule has 13 heavy (non-hydrogen) atoms. The van der Waals surface area contributed by atoms with Crippen molar-refractivity contribution in [3.05, 3.63) is 34.9 Å². The summed E-state index contributed by atoms with van der Waals surface area (Å²) in [7, 11) is 0. The highest BCUT2D eigenvalue weighted by Crippen LogP contribution is 2.22. The third-order valence-electron chi connectivity index (χ3n) is 2.29. The Morgan fingerprint density at radius 2 is 2.00 bits per heavy atom. The van der Waals surface area contributed by atoms with E-state index >= 15 is 0 Å². The molecule has 0 aliphatic heterocycles. The van der Waals surface area contributed by atoms with Crippen molar-refractivity contribution < 1.29 is 5.11 Å². The minimum absolute atomic E-state index is 0.614. The Bertz CT molecular complexity index is 281. The van der Waals surface area contributed by atoms with Gasteiger partial charge in [-0.3, -0.25) is 0 Å². The molecule has 0 radical (unpaired) electrons. The van der Waals surface area contributed by atoms with Crippen LogP contribution in [0.4, 0.5) is 0 Å². The molecule has 1 unspecified atom stereocenters. The standard InChI is InChI=1S/C11H15ClO/c1-3-11(2,13)8-9-6-4-5-7-10(9)12/h4-7,13H,3,8H2,1-2H3. The molecule has 0 saturated carbocycles. The molecular formula is C11H15ClO. The van der Waals surface area contributed by atoms with E-state index in [9.17, 15) is 5.11 Å². The van der Waals surface area contributed by atoms with E-state index in [0.29, 0.717) is 6.42 Å². The smallest absolute Gasteiger partial charge is 0.0657 e. The van der Waals surface area contributed by atoms with Crippen molar-refractivity contribution in [2.45, 2.75) is 32.3 Å². The Kier molecular flexibility index (Phi) is 3.34. The highest BCUT2D eigenvalue weighted by molar-refractivity contribution is 6.31. The molecule has 1 aromatic rings. The van der Waals surface area contributed by atoms with Crippen LogP contribution in [0.2, 0.25) is 5.02 Å². The average Bonchev–Trinajstić information content (AvgIpc) is 2.09. The summed E-state index contributed by atoms with van der Waals surface area (Å²) in [5.41, 5.74) is 0.362. The molecule has 1 N–H and O–H groups in total. The molecule has 0 saturated heterocycles. The zero-order valence-electron chi connectivity index (χ0n) is 8.05. The number of benzene rings is 1. The molecule has 72 valence electrons. The van der Waals surface area contributed by atoms with Gasteiger partial charge in [-0.15, -0.1) is 0 Å². The second-order valence-electron chi connectivity index (χ2n) is 3.62. The van der Waals surface area contributed by atoms with Crippen molar-refractivity contribution in [3.8, 4) is 0 Å². The number of hydrogen-bond donors (Lipinski definition) is 1. The van der Waals surface area contributed by atoms with Crippen LogP contribution in [-0.2, 0) is 6.42 Å². The van der Waals surface area contributed by atoms with E-state index in [1.807, 2.05) is 38.1 Å². The zero-order chi connectivity index (χ0) is 9.90. The topological polar surface area (TPSA) is 20.2 Å². The van der Waals surface area contributed by atoms with Crippen molar-refractivity contribution in [1.29, 1.82) is 0 Å². The Morgan fingerprint density at radius 1 is 1.38 bits per heavy atom. The summed E-state index contributed by atoms with van der Waals surface area (Å²) in [4.78, 5) is 0. The van der Waals surface area contributed by atoms with Gasteiger partial charge in [0.05, 0.1) is 5.60 Å². The predicted octanol–water partition coefficient (Wildman–Crippen LogP) is 3.04. The third kappa shape index (κ3) is 3.02. The lowest BCUT2D eigenvalue weighted by atomic mass is 9.94. The zero-order valence-corrected chi connectivity index (χ0v) is 8.80. The Hall–Kier alpha value is -0.530. The molecule has 0 bridgehead atoms. The number of rotatable bonds is 3. The van der Waals surface area contributed by atoms with Crippen molar-refractivity contribution in [1.82, 2.24) is 0 Å². The summed E-state index contributed by atoms with van der Waals surface area (Å²) in [6, 6.07) is 7.63. The van der Waals surface area contributed by atoms with E-state index in [0.717, 1.165) is 17.0 Å². The first-order chi connectivity index (χ1) is 6.05. The van der Waals surface area contributed by atoms with Gasteiger partial charge in [0.2, 0.25) is 0 Å². The summed E-state index contributed by atoms with van der Waals surface area (Å²) in [5.74, 6) is 0. The maximum Gasteiger partial charge on any atom is 0.0657 e. The van der Waals surface area contributed by atoms with Crippen molar-refractivity contribution in [2.24, 2.45) is 0 Å². The van der Waals surface area contributed by atoms with Crippen LogP contribution in [0, 0.1) is 0 Å². The van der Waals surface area contributed by atoms with Crippen molar-refractivity contribution in [3.63, 3.8) is 0 Å². The first-order valence-electron chi connectivity index (χ1n) is 4.51. The van der Waals surface area contributed by atoms with E-state index in [1.165, 1.54) is 0 Å². The highest BCUT2D eigenvalue weighted by Gasteiger charge is 2.18. The molecule has 1 atom stereocenters. The minimum Gasteiger partial charge on any atom is -0.390 e. The maximum absolute atomic E-state index is 9.84. The molecule has 0 aliphatic rings. The van der Waals surface area contributed by atoms with Gasteiger partial charge in [-0.1, -0.05) is 36.7 Å². The molecule has 0 amide bonds. The van der Waals surface area contributed by atoms with Crippen LogP contribution in [0.15, 0.2) is 24.3 Å². The van der Waals surface area contributed by atoms with Crippen LogP contribution in [0.3, 0.4) is 0 Å². The van der Waals surface area contributed by atoms with Crippen LogP contribution < -0.4 is 0 Å². The van der Waals surface area contributed by atoms with Crippen molar-refractivity contribution in [2.75, 3.05) is 0 Å². The minimum atomic E-state index is -0.648. The second kappa shape index (κ2) is 4.12. The Balaban J connectivity index is 2.80. The van der Waals surface area contributed by atoms with Gasteiger partial charge in [0.15, 0.2) is 0 Å². The molecule has 1 nitrogen and oxygen atoms in total. The fourth-order valence-electron chi connectivity index (χ4n) is 1.18. The van der Waals surface area contributed by atoms with E-state index in [4.69, 9.17) is 11.6 Å². The normalized spacial score (nSPS) is 15.4. The largest absolute Gasteiger partial charge is 0.390 e. The molecular weight excluding hydrogens is 184 g/mol. The van der Waals surface area contributed by atoms with Crippen LogP contribution in [-0.4, -0.2) is 10.7 Å². The number of aliphatic hydroxyl groups is 1. The lowest BCUT2D eigenvalue weighted by Crippen LogP contribution is -2.25. The molecule has 0 spiro atoms. The quantitative estimate of drug-likeness (QED) is 0.792. The molecule has 1 rings (SSSR count). The van der Waals surface area contributed by atoms with E-state index in [1.54, 1.807) is 0 Å². The number of hydrogen-bond acceptors (Lipinski definition) is 1. The lowest BCUT2D eigenvalue weighted by Gasteiger charge is -2.21. The van der Waals surface area contributed by atoms with Crippen molar-refractivity contribution >= 4 is 11.6 Å². The number of halogens is 1. The molecule has 0 heterocycles. The monoisotopic (exact) mass is 198 g/mol. The predicted molar refractivity (Wildman–Crippen MR) is 56.1 cm³/mol. The summed E-state index contributed by atoms with van der Waals surface area (Å²) >= 11 is 5.98. The van der Waals surface area contributed by atoms with Gasteiger partial charge in [0.25, 0.3) is 0 Å². The van der Waals surface area contributed by atoms with Gasteiger partial charge in [-0.25, -0.2) is 0 Å². The highest BCUT2D eigenvalue weighted by atomic mass is 35.5. The van der Waals surface area contributed by atoms with Gasteiger partial charge in [-0.05, 0) is 25.0 Å². The van der Waals surface area contributed by atoms with Crippen LogP contribution in [0.5, 0.6) is 0 Å². The van der Waals surface area contributed by atoms with Gasteiger partial charge in [0, 0.05) is 11.4 Å². The first-order valence-corrected chi connectivity index (χ1v) is 4.89. The van der Waals surface area contributed by atoms with Gasteiger partial charge < -0.3 is 5.11 Å². The Morgan fingerprint density at radius 3 is 2.54 bits per heavy atom. The summed E-state index contributed by atoms with van der Waals surface area (Å²) < 4.78 is 0. The molecule has 0 aromatic heterocycles. The fraction of sp³-hybridized carbons (Fsp3) is 0.455. The van der Waals surface area contributed by atoms with E-state index in [2.05, 4.69) is 0 Å². The van der Waals surface area contributed by atoms with Crippen LogP contribution >= 0.6 is 11.6 Å². The molecule has 0 aliphatic carbocycles. The second-order valence-corrected chi connectivity index (χ2v) is 4.03. The molecule has 1 aromatic carbocycles. The summed E-state index contributed by atoms with van der Waals surface area (Å²) in [6.45, 7) is 3.80. The molecule has 0 fully saturated rings. The Labute approximate surface area is 84.4 Å². The lowest BCUT2D eigenvalue weighted by molar-refractivity contribution is 0.0565. The van der Waals surface area contributed by atoms with E-state index < -0.39 is 5.60 Å². The maximum atomic E-state index is 9.84. The average molecular weight is 199 g/mol. The first kappa shape index (κ1) is 10.6. The van der Waals surface area contributed by atoms with Crippen LogP contribution in [0.1, 0.15) is 25.8 Å². The fourth-order valence-corrected chi connectivity index (χ4v) is 1.38. The van der Waals surface area contributed by atoms with Gasteiger partial charge >= 0.3 is 0 Å². The van der Waals surface area contributed by atoms with E-state index in [-0.39, 0.29) is 0 Å².